The van der Waals surface area contributed by atoms with Crippen LogP contribution in [0.4, 0.5) is 9.18 Å². The quantitative estimate of drug-likeness (QED) is 0.209. The smallest absolute Gasteiger partial charge is 0.487 e. The van der Waals surface area contributed by atoms with Crippen LogP contribution in [0, 0.1) is 5.82 Å². The van der Waals surface area contributed by atoms with Gasteiger partial charge in [0.15, 0.2) is 5.60 Å². The van der Waals surface area contributed by atoms with E-state index in [0.717, 1.165) is 12.7 Å². The summed E-state index contributed by atoms with van der Waals surface area (Å²) in [6.07, 6.45) is 1.28. The number of nitrogens with zero attached hydrogens (tertiary/aromatic N) is 1. The fourth-order valence-corrected chi connectivity index (χ4v) is 2.17. The van der Waals surface area contributed by atoms with Crippen molar-refractivity contribution in [1.82, 2.24) is 4.98 Å². The zero-order valence-electron chi connectivity index (χ0n) is 17.2. The summed E-state index contributed by atoms with van der Waals surface area (Å²) in [5, 5.41) is 0. The highest BCUT2D eigenvalue weighted by Gasteiger charge is 2.45. The summed E-state index contributed by atoms with van der Waals surface area (Å²) in [4.78, 5) is 28.2. The second kappa shape index (κ2) is 10.8. The first kappa shape index (κ1) is 25.7. The Labute approximate surface area is 199 Å². The number of alkyl halides is 3. The van der Waals surface area contributed by atoms with Crippen LogP contribution in [0.5, 0.6) is 5.75 Å². The van der Waals surface area contributed by atoms with Gasteiger partial charge in [-0.15, -0.1) is 0 Å². The first-order chi connectivity index (χ1) is 14.9. The largest absolute Gasteiger partial charge is 0.514 e. The highest BCUT2D eigenvalue weighted by Crippen LogP contribution is 2.40. The van der Waals surface area contributed by atoms with Crippen LogP contribution in [0.25, 0.3) is 6.08 Å². The number of halogens is 4. The molecule has 0 unspecified atom stereocenters. The molecule has 11 heteroatoms. The summed E-state index contributed by atoms with van der Waals surface area (Å²) in [7, 11) is 1.11. The van der Waals surface area contributed by atoms with Crippen molar-refractivity contribution in [3.63, 3.8) is 0 Å². The van der Waals surface area contributed by atoms with Gasteiger partial charge in [0.1, 0.15) is 18.2 Å². The third-order valence-electron chi connectivity index (χ3n) is 3.96. The van der Waals surface area contributed by atoms with Crippen molar-refractivity contribution < 1.29 is 32.9 Å². The van der Waals surface area contributed by atoms with Crippen LogP contribution in [0.15, 0.2) is 48.4 Å². The molecule has 0 atom stereocenters. The number of ether oxygens (including phenoxy) is 4. The molecular weight excluding hydrogens is 488 g/mol. The van der Waals surface area contributed by atoms with Gasteiger partial charge in [-0.05, 0) is 43.7 Å². The first-order valence-corrected chi connectivity index (χ1v) is 10.2. The molecule has 0 saturated heterocycles. The van der Waals surface area contributed by atoms with Crippen molar-refractivity contribution in [3.8, 4) is 5.75 Å². The van der Waals surface area contributed by atoms with E-state index in [-0.39, 0.29) is 18.1 Å². The lowest BCUT2D eigenvalue weighted by molar-refractivity contribution is -0.139. The summed E-state index contributed by atoms with van der Waals surface area (Å²) < 4.78 is 31.1. The maximum atomic E-state index is 12.9. The fraction of sp³-hybridized carbons (Fsp3) is 0.286. The molecule has 0 radical (unpaired) electrons. The topological polar surface area (TPSA) is 84.0 Å². The Bertz CT molecular complexity index is 973. The van der Waals surface area contributed by atoms with Gasteiger partial charge in [0.25, 0.3) is 0 Å². The molecule has 0 aliphatic rings. The van der Waals surface area contributed by atoms with Crippen molar-refractivity contribution in [2.75, 3.05) is 7.11 Å². The van der Waals surface area contributed by atoms with Crippen molar-refractivity contribution >= 4 is 53.0 Å². The standard InChI is InChI=1S/C21H19Cl3FNO6/c1-20(2,21(22,23)24)32-19(28)31-17(18(27)29-3)10-15-8-9-16(11-26-15)30-12-13-4-6-14(25)7-5-13/h4-11H,12H2,1-3H3. The van der Waals surface area contributed by atoms with Gasteiger partial charge in [0.05, 0.1) is 19.0 Å². The molecule has 32 heavy (non-hydrogen) atoms. The Balaban J connectivity index is 2.08. The number of carbonyl (C=O) groups excluding carboxylic acids is 2. The van der Waals surface area contributed by atoms with E-state index in [1.54, 1.807) is 18.2 Å². The van der Waals surface area contributed by atoms with Gasteiger partial charge in [-0.1, -0.05) is 46.9 Å². The monoisotopic (exact) mass is 505 g/mol. The summed E-state index contributed by atoms with van der Waals surface area (Å²) in [5.41, 5.74) is -0.515. The van der Waals surface area contributed by atoms with E-state index in [2.05, 4.69) is 9.72 Å². The minimum atomic E-state index is -1.94. The predicted molar refractivity (Wildman–Crippen MR) is 117 cm³/mol. The number of methoxy groups -OCH3 is 1. The second-order valence-corrected chi connectivity index (χ2v) is 9.08. The Morgan fingerprint density at radius 2 is 1.75 bits per heavy atom. The van der Waals surface area contributed by atoms with E-state index in [0.29, 0.717) is 5.75 Å². The average Bonchev–Trinajstić information content (AvgIpc) is 2.72. The zero-order valence-corrected chi connectivity index (χ0v) is 19.5. The minimum absolute atomic E-state index is 0.207. The number of benzene rings is 1. The highest BCUT2D eigenvalue weighted by molar-refractivity contribution is 6.68. The van der Waals surface area contributed by atoms with Crippen LogP contribution in [0.1, 0.15) is 25.1 Å². The molecule has 1 aromatic heterocycles. The summed E-state index contributed by atoms with van der Waals surface area (Å²) >= 11 is 17.3. The molecule has 0 N–H and O–H groups in total. The van der Waals surface area contributed by atoms with E-state index in [1.807, 2.05) is 0 Å². The molecular formula is C21H19Cl3FNO6. The average molecular weight is 507 g/mol. The van der Waals surface area contributed by atoms with Crippen molar-refractivity contribution in [2.45, 2.75) is 29.8 Å². The van der Waals surface area contributed by atoms with Gasteiger partial charge in [0, 0.05) is 6.08 Å². The lowest BCUT2D eigenvalue weighted by atomic mass is 10.2. The first-order valence-electron chi connectivity index (χ1n) is 9.02. The Morgan fingerprint density at radius 3 is 2.28 bits per heavy atom. The van der Waals surface area contributed by atoms with Crippen LogP contribution in [-0.2, 0) is 25.6 Å². The van der Waals surface area contributed by atoms with Gasteiger partial charge in [-0.25, -0.2) is 14.0 Å². The Kier molecular flexibility index (Phi) is 8.72. The van der Waals surface area contributed by atoms with E-state index in [9.17, 15) is 14.0 Å². The van der Waals surface area contributed by atoms with E-state index >= 15 is 0 Å². The lowest BCUT2D eigenvalue weighted by Gasteiger charge is -2.31. The normalized spacial score (nSPS) is 12.2. The zero-order chi connectivity index (χ0) is 23.9. The van der Waals surface area contributed by atoms with Crippen LogP contribution in [0.2, 0.25) is 0 Å². The summed E-state index contributed by atoms with van der Waals surface area (Å²) in [6, 6.07) is 8.97. The van der Waals surface area contributed by atoms with Gasteiger partial charge < -0.3 is 18.9 Å². The van der Waals surface area contributed by atoms with E-state index < -0.39 is 27.3 Å². The highest BCUT2D eigenvalue weighted by atomic mass is 35.6. The third-order valence-corrected chi connectivity index (χ3v) is 5.32. The van der Waals surface area contributed by atoms with Gasteiger partial charge in [-0.3, -0.25) is 4.98 Å². The molecule has 0 fully saturated rings. The number of pyridine rings is 1. The molecule has 7 nitrogen and oxygen atoms in total. The van der Waals surface area contributed by atoms with Crippen LogP contribution >= 0.6 is 34.8 Å². The maximum Gasteiger partial charge on any atom is 0.514 e. The van der Waals surface area contributed by atoms with Crippen molar-refractivity contribution in [3.05, 3.63) is 65.4 Å². The third kappa shape index (κ3) is 7.55. The Hall–Kier alpha value is -2.55. The predicted octanol–water partition coefficient (Wildman–Crippen LogP) is 5.62. The van der Waals surface area contributed by atoms with E-state index in [4.69, 9.17) is 49.0 Å². The Morgan fingerprint density at radius 1 is 1.09 bits per heavy atom. The SMILES string of the molecule is COC(=O)C(=Cc1ccc(OCc2ccc(F)cc2)cn1)OC(=O)OC(C)(C)C(Cl)(Cl)Cl. The number of rotatable bonds is 7. The van der Waals surface area contributed by atoms with Gasteiger partial charge in [-0.2, -0.15) is 0 Å². The minimum Gasteiger partial charge on any atom is -0.487 e. The molecule has 2 rings (SSSR count). The number of carbonyl (C=O) groups is 2. The van der Waals surface area contributed by atoms with Crippen LogP contribution in [0.3, 0.4) is 0 Å². The summed E-state index contributed by atoms with van der Waals surface area (Å²) in [6.45, 7) is 2.92. The second-order valence-electron chi connectivity index (χ2n) is 6.80. The fourth-order valence-electron chi connectivity index (χ4n) is 2.05. The molecule has 0 aliphatic carbocycles. The summed E-state index contributed by atoms with van der Waals surface area (Å²) in [5.74, 6) is -1.36. The van der Waals surface area contributed by atoms with E-state index in [1.165, 1.54) is 44.3 Å². The molecule has 0 amide bonds. The molecule has 0 saturated carbocycles. The van der Waals surface area contributed by atoms with Gasteiger partial charge in [0.2, 0.25) is 9.55 Å². The number of esters is 1. The molecule has 0 aliphatic heterocycles. The van der Waals surface area contributed by atoms with Crippen molar-refractivity contribution in [2.24, 2.45) is 0 Å². The van der Waals surface area contributed by atoms with Crippen LogP contribution in [-0.4, -0.2) is 33.6 Å². The van der Waals surface area contributed by atoms with Gasteiger partial charge >= 0.3 is 12.1 Å². The maximum absolute atomic E-state index is 12.9. The molecule has 172 valence electrons. The number of hydrogen-bond acceptors (Lipinski definition) is 7. The van der Waals surface area contributed by atoms with Crippen LogP contribution < -0.4 is 4.74 Å². The molecule has 0 bridgehead atoms. The molecule has 0 spiro atoms. The molecule has 1 aromatic carbocycles. The molecule has 1 heterocycles. The number of aromatic nitrogens is 1. The molecule has 2 aromatic rings. The lowest BCUT2D eigenvalue weighted by Crippen LogP contribution is -2.41. The van der Waals surface area contributed by atoms with Crippen molar-refractivity contribution in [1.29, 1.82) is 0 Å². The number of hydrogen-bond donors (Lipinski definition) is 0.